The number of piperidine rings is 1. The van der Waals surface area contributed by atoms with Crippen molar-refractivity contribution in [2.75, 3.05) is 19.6 Å². The number of ketones is 1. The summed E-state index contributed by atoms with van der Waals surface area (Å²) in [7, 11) is 0. The van der Waals surface area contributed by atoms with Crippen LogP contribution in [0.15, 0.2) is 16.9 Å². The van der Waals surface area contributed by atoms with Crippen molar-refractivity contribution in [1.82, 2.24) is 10.1 Å². The van der Waals surface area contributed by atoms with Crippen LogP contribution in [0.1, 0.15) is 36.7 Å². The molecular weight excluding hydrogens is 240 g/mol. The van der Waals surface area contributed by atoms with E-state index >= 15 is 0 Å². The molecule has 0 spiro atoms. The predicted octanol–water partition coefficient (Wildman–Crippen LogP) is 2.40. The first kappa shape index (κ1) is 14.2. The van der Waals surface area contributed by atoms with Crippen LogP contribution >= 0.6 is 12.4 Å². The first-order valence-electron chi connectivity index (χ1n) is 5.94. The molecule has 1 aromatic heterocycles. The quantitative estimate of drug-likeness (QED) is 0.778. The van der Waals surface area contributed by atoms with E-state index in [1.807, 2.05) is 6.92 Å². The summed E-state index contributed by atoms with van der Waals surface area (Å²) in [6.45, 7) is 5.05. The summed E-state index contributed by atoms with van der Waals surface area (Å²) in [5.41, 5.74) is 0.449. The molecule has 0 N–H and O–H groups in total. The van der Waals surface area contributed by atoms with Gasteiger partial charge in [0.25, 0.3) is 0 Å². The summed E-state index contributed by atoms with van der Waals surface area (Å²) >= 11 is 0. The van der Waals surface area contributed by atoms with Gasteiger partial charge in [0, 0.05) is 18.5 Å². The minimum absolute atomic E-state index is 0. The number of nitrogens with zero attached hydrogens (tertiary/aromatic N) is 2. The Labute approximate surface area is 108 Å². The standard InChI is InChI=1S/C12H18N2O2.ClH/c1-10(9-14-6-3-2-4-7-14)12(15)11-5-8-16-13-11;/h5,8,10H,2-4,6-7,9H2,1H3;1H. The fraction of sp³-hybridized carbons (Fsp3) is 0.667. The third kappa shape index (κ3) is 3.82. The van der Waals surface area contributed by atoms with Gasteiger partial charge in [-0.15, -0.1) is 12.4 Å². The lowest BCUT2D eigenvalue weighted by molar-refractivity contribution is 0.0874. The van der Waals surface area contributed by atoms with Gasteiger partial charge in [0.2, 0.25) is 0 Å². The Hall–Kier alpha value is -0.870. The minimum atomic E-state index is 0. The first-order chi connectivity index (χ1) is 7.77. The van der Waals surface area contributed by atoms with Crippen molar-refractivity contribution in [3.63, 3.8) is 0 Å². The second-order valence-corrected chi connectivity index (χ2v) is 4.51. The zero-order chi connectivity index (χ0) is 11.4. The summed E-state index contributed by atoms with van der Waals surface area (Å²) < 4.78 is 4.69. The molecule has 0 bridgehead atoms. The van der Waals surface area contributed by atoms with Gasteiger partial charge in [-0.05, 0) is 25.9 Å². The van der Waals surface area contributed by atoms with Gasteiger partial charge in [0.05, 0.1) is 0 Å². The fourth-order valence-corrected chi connectivity index (χ4v) is 2.20. The van der Waals surface area contributed by atoms with Crippen LogP contribution in [0.4, 0.5) is 0 Å². The largest absolute Gasteiger partial charge is 0.364 e. The van der Waals surface area contributed by atoms with E-state index in [0.717, 1.165) is 19.6 Å². The van der Waals surface area contributed by atoms with Crippen LogP contribution in [-0.2, 0) is 0 Å². The van der Waals surface area contributed by atoms with E-state index in [2.05, 4.69) is 10.1 Å². The van der Waals surface area contributed by atoms with Crippen LogP contribution in [0.5, 0.6) is 0 Å². The normalized spacial score (nSPS) is 18.4. The molecule has 1 fully saturated rings. The monoisotopic (exact) mass is 258 g/mol. The molecule has 0 aromatic carbocycles. The molecular formula is C12H19ClN2O2. The Balaban J connectivity index is 0.00000144. The van der Waals surface area contributed by atoms with E-state index in [1.54, 1.807) is 6.07 Å². The third-order valence-corrected chi connectivity index (χ3v) is 3.12. The molecule has 1 saturated heterocycles. The highest BCUT2D eigenvalue weighted by Crippen LogP contribution is 2.13. The van der Waals surface area contributed by atoms with Gasteiger partial charge >= 0.3 is 0 Å². The van der Waals surface area contributed by atoms with Crippen molar-refractivity contribution >= 4 is 18.2 Å². The summed E-state index contributed by atoms with van der Waals surface area (Å²) in [6, 6.07) is 1.63. The van der Waals surface area contributed by atoms with Gasteiger partial charge in [-0.3, -0.25) is 4.79 Å². The Kier molecular flexibility index (Phi) is 5.65. The SMILES string of the molecule is CC(CN1CCCCC1)C(=O)c1ccon1.Cl. The van der Waals surface area contributed by atoms with Gasteiger partial charge in [-0.2, -0.15) is 0 Å². The van der Waals surface area contributed by atoms with Crippen LogP contribution < -0.4 is 0 Å². The molecule has 1 aromatic rings. The van der Waals surface area contributed by atoms with E-state index < -0.39 is 0 Å². The Morgan fingerprint density at radius 2 is 2.18 bits per heavy atom. The molecule has 1 aliphatic heterocycles. The number of halogens is 1. The van der Waals surface area contributed by atoms with Crippen molar-refractivity contribution in [2.45, 2.75) is 26.2 Å². The summed E-state index contributed by atoms with van der Waals surface area (Å²) in [5.74, 6) is 0.0857. The molecule has 2 heterocycles. The average molecular weight is 259 g/mol. The van der Waals surface area contributed by atoms with Crippen LogP contribution in [0.3, 0.4) is 0 Å². The highest BCUT2D eigenvalue weighted by molar-refractivity contribution is 5.95. The van der Waals surface area contributed by atoms with Gasteiger partial charge in [0.1, 0.15) is 12.0 Å². The number of Topliss-reactive ketones (excluding diaryl/α,β-unsaturated/α-hetero) is 1. The molecule has 5 heteroatoms. The predicted molar refractivity (Wildman–Crippen MR) is 67.5 cm³/mol. The lowest BCUT2D eigenvalue weighted by atomic mass is 10.0. The highest BCUT2D eigenvalue weighted by atomic mass is 35.5. The highest BCUT2D eigenvalue weighted by Gasteiger charge is 2.21. The number of hydrogen-bond donors (Lipinski definition) is 0. The van der Waals surface area contributed by atoms with Crippen molar-refractivity contribution in [2.24, 2.45) is 5.92 Å². The van der Waals surface area contributed by atoms with Crippen LogP contribution in [0, 0.1) is 5.92 Å². The molecule has 96 valence electrons. The maximum atomic E-state index is 11.9. The van der Waals surface area contributed by atoms with Gasteiger partial charge < -0.3 is 9.42 Å². The molecule has 1 unspecified atom stereocenters. The Morgan fingerprint density at radius 1 is 1.47 bits per heavy atom. The molecule has 4 nitrogen and oxygen atoms in total. The number of likely N-dealkylation sites (tertiary alicyclic amines) is 1. The lowest BCUT2D eigenvalue weighted by Gasteiger charge is -2.28. The average Bonchev–Trinajstić information content (AvgIpc) is 2.83. The van der Waals surface area contributed by atoms with E-state index in [-0.39, 0.29) is 24.1 Å². The molecule has 0 radical (unpaired) electrons. The third-order valence-electron chi connectivity index (χ3n) is 3.12. The Bertz CT molecular complexity index is 334. The molecule has 0 aliphatic carbocycles. The van der Waals surface area contributed by atoms with E-state index in [1.165, 1.54) is 25.5 Å². The smallest absolute Gasteiger partial charge is 0.188 e. The number of rotatable bonds is 4. The summed E-state index contributed by atoms with van der Waals surface area (Å²) in [6.07, 6.45) is 5.28. The van der Waals surface area contributed by atoms with Crippen molar-refractivity contribution in [1.29, 1.82) is 0 Å². The molecule has 1 atom stereocenters. The number of aromatic nitrogens is 1. The van der Waals surface area contributed by atoms with Crippen LogP contribution in [-0.4, -0.2) is 35.5 Å². The van der Waals surface area contributed by atoms with Crippen LogP contribution in [0.2, 0.25) is 0 Å². The second kappa shape index (κ2) is 6.77. The maximum Gasteiger partial charge on any atom is 0.188 e. The van der Waals surface area contributed by atoms with Crippen LogP contribution in [0.25, 0.3) is 0 Å². The minimum Gasteiger partial charge on any atom is -0.364 e. The topological polar surface area (TPSA) is 46.3 Å². The second-order valence-electron chi connectivity index (χ2n) is 4.51. The Morgan fingerprint density at radius 3 is 2.76 bits per heavy atom. The fourth-order valence-electron chi connectivity index (χ4n) is 2.20. The number of hydrogen-bond acceptors (Lipinski definition) is 4. The van der Waals surface area contributed by atoms with Crippen molar-refractivity contribution < 1.29 is 9.32 Å². The molecule has 1 aliphatic rings. The summed E-state index contributed by atoms with van der Waals surface area (Å²) in [4.78, 5) is 14.3. The maximum absolute atomic E-state index is 11.9. The van der Waals surface area contributed by atoms with E-state index in [4.69, 9.17) is 4.52 Å². The van der Waals surface area contributed by atoms with E-state index in [0.29, 0.717) is 5.69 Å². The van der Waals surface area contributed by atoms with Crippen molar-refractivity contribution in [3.8, 4) is 0 Å². The van der Waals surface area contributed by atoms with Crippen molar-refractivity contribution in [3.05, 3.63) is 18.0 Å². The number of carbonyl (C=O) groups is 1. The zero-order valence-electron chi connectivity index (χ0n) is 10.1. The van der Waals surface area contributed by atoms with Gasteiger partial charge in [-0.1, -0.05) is 18.5 Å². The molecule has 2 rings (SSSR count). The van der Waals surface area contributed by atoms with Gasteiger partial charge in [0.15, 0.2) is 5.78 Å². The molecule has 17 heavy (non-hydrogen) atoms. The molecule has 0 amide bonds. The van der Waals surface area contributed by atoms with Gasteiger partial charge in [-0.25, -0.2) is 0 Å². The lowest BCUT2D eigenvalue weighted by Crippen LogP contribution is -2.35. The number of carbonyl (C=O) groups excluding carboxylic acids is 1. The summed E-state index contributed by atoms with van der Waals surface area (Å²) in [5, 5.41) is 3.69. The van der Waals surface area contributed by atoms with E-state index in [9.17, 15) is 4.79 Å². The zero-order valence-corrected chi connectivity index (χ0v) is 10.9. The molecule has 0 saturated carbocycles. The first-order valence-corrected chi connectivity index (χ1v) is 5.94.